The molecule has 0 saturated carbocycles. The molecule has 2 aromatic rings. The number of benzene rings is 1. The summed E-state index contributed by atoms with van der Waals surface area (Å²) in [7, 11) is 0. The van der Waals surface area contributed by atoms with Gasteiger partial charge >= 0.3 is 5.97 Å². The topological polar surface area (TPSA) is 84.1 Å². The van der Waals surface area contributed by atoms with E-state index in [4.69, 9.17) is 4.74 Å². The number of esters is 1. The van der Waals surface area contributed by atoms with Gasteiger partial charge in [0.25, 0.3) is 5.91 Å². The molecule has 1 aromatic carbocycles. The van der Waals surface area contributed by atoms with Crippen molar-refractivity contribution >= 4 is 17.6 Å². The van der Waals surface area contributed by atoms with Crippen molar-refractivity contribution < 1.29 is 14.3 Å². The highest BCUT2D eigenvalue weighted by atomic mass is 16.5. The number of rotatable bonds is 4. The summed E-state index contributed by atoms with van der Waals surface area (Å²) in [4.78, 5) is 23.7. The molecule has 6 heteroatoms. The lowest BCUT2D eigenvalue weighted by molar-refractivity contribution is 0.0526. The van der Waals surface area contributed by atoms with E-state index in [2.05, 4.69) is 15.5 Å². The molecule has 21 heavy (non-hydrogen) atoms. The zero-order chi connectivity index (χ0) is 15.4. The van der Waals surface area contributed by atoms with Crippen LogP contribution in [-0.4, -0.2) is 28.7 Å². The fraction of sp³-hybridized carbons (Fsp3) is 0.267. The van der Waals surface area contributed by atoms with Crippen molar-refractivity contribution in [2.75, 3.05) is 11.9 Å². The van der Waals surface area contributed by atoms with Gasteiger partial charge in [-0.15, -0.1) is 0 Å². The summed E-state index contributed by atoms with van der Waals surface area (Å²) in [5.41, 5.74) is 2.95. The number of H-pyrrole nitrogens is 1. The van der Waals surface area contributed by atoms with Crippen LogP contribution in [-0.2, 0) is 4.74 Å². The number of hydrogen-bond donors (Lipinski definition) is 2. The van der Waals surface area contributed by atoms with Gasteiger partial charge in [0.15, 0.2) is 0 Å². The van der Waals surface area contributed by atoms with Gasteiger partial charge in [-0.05, 0) is 45.0 Å². The first-order valence-electron chi connectivity index (χ1n) is 6.63. The van der Waals surface area contributed by atoms with Crippen molar-refractivity contribution in [2.24, 2.45) is 0 Å². The lowest BCUT2D eigenvalue weighted by Gasteiger charge is -2.06. The number of nitrogens with zero attached hydrogens (tertiary/aromatic N) is 1. The van der Waals surface area contributed by atoms with Crippen LogP contribution in [0.15, 0.2) is 24.3 Å². The smallest absolute Gasteiger partial charge is 0.338 e. The van der Waals surface area contributed by atoms with E-state index in [1.807, 2.05) is 0 Å². The van der Waals surface area contributed by atoms with E-state index in [9.17, 15) is 9.59 Å². The third-order valence-corrected chi connectivity index (χ3v) is 3.01. The molecule has 2 N–H and O–H groups in total. The quantitative estimate of drug-likeness (QED) is 0.846. The fourth-order valence-corrected chi connectivity index (χ4v) is 1.98. The molecule has 0 spiro atoms. The minimum atomic E-state index is -0.378. The van der Waals surface area contributed by atoms with Gasteiger partial charge in [-0.25, -0.2) is 4.79 Å². The van der Waals surface area contributed by atoms with Gasteiger partial charge in [0.1, 0.15) is 0 Å². The molecular weight excluding hydrogens is 270 g/mol. The maximum Gasteiger partial charge on any atom is 0.338 e. The third kappa shape index (κ3) is 3.28. The summed E-state index contributed by atoms with van der Waals surface area (Å²) >= 11 is 0. The second kappa shape index (κ2) is 6.21. The summed E-state index contributed by atoms with van der Waals surface area (Å²) in [6, 6.07) is 6.55. The molecule has 6 nitrogen and oxygen atoms in total. The van der Waals surface area contributed by atoms with Crippen LogP contribution in [0.3, 0.4) is 0 Å². The zero-order valence-corrected chi connectivity index (χ0v) is 12.2. The van der Waals surface area contributed by atoms with Crippen LogP contribution in [0.2, 0.25) is 0 Å². The predicted octanol–water partition coefficient (Wildman–Crippen LogP) is 2.46. The van der Waals surface area contributed by atoms with Crippen molar-refractivity contribution in [3.8, 4) is 0 Å². The van der Waals surface area contributed by atoms with Crippen molar-refractivity contribution in [1.82, 2.24) is 10.2 Å². The largest absolute Gasteiger partial charge is 0.462 e. The number of aromatic amines is 1. The number of aryl methyl sites for hydroxylation is 2. The van der Waals surface area contributed by atoms with Gasteiger partial charge in [0.2, 0.25) is 0 Å². The second-order valence-electron chi connectivity index (χ2n) is 4.56. The molecule has 0 unspecified atom stereocenters. The molecule has 1 aromatic heterocycles. The first kappa shape index (κ1) is 14.8. The molecule has 0 bridgehead atoms. The molecule has 1 amide bonds. The Hall–Kier alpha value is -2.63. The van der Waals surface area contributed by atoms with E-state index in [-0.39, 0.29) is 11.9 Å². The number of carbonyl (C=O) groups is 2. The van der Waals surface area contributed by atoms with Crippen LogP contribution in [0, 0.1) is 13.8 Å². The summed E-state index contributed by atoms with van der Waals surface area (Å²) in [6.45, 7) is 5.64. The number of aromatic nitrogens is 2. The highest BCUT2D eigenvalue weighted by molar-refractivity contribution is 6.06. The Morgan fingerprint density at radius 3 is 2.43 bits per heavy atom. The number of ether oxygens (including phenoxy) is 1. The molecule has 0 atom stereocenters. The van der Waals surface area contributed by atoms with E-state index in [0.29, 0.717) is 34.8 Å². The Balaban J connectivity index is 2.10. The summed E-state index contributed by atoms with van der Waals surface area (Å²) in [5.74, 6) is -0.612. The van der Waals surface area contributed by atoms with Gasteiger partial charge in [0, 0.05) is 11.4 Å². The van der Waals surface area contributed by atoms with E-state index in [1.165, 1.54) is 0 Å². The molecular formula is C15H17N3O3. The minimum Gasteiger partial charge on any atom is -0.462 e. The van der Waals surface area contributed by atoms with E-state index < -0.39 is 0 Å². The first-order chi connectivity index (χ1) is 10.0. The molecule has 0 aliphatic rings. The van der Waals surface area contributed by atoms with E-state index >= 15 is 0 Å². The maximum atomic E-state index is 12.2. The van der Waals surface area contributed by atoms with Crippen LogP contribution >= 0.6 is 0 Å². The normalized spacial score (nSPS) is 10.2. The molecule has 2 rings (SSSR count). The van der Waals surface area contributed by atoms with E-state index in [1.54, 1.807) is 45.0 Å². The summed E-state index contributed by atoms with van der Waals surface area (Å²) in [5, 5.41) is 9.53. The Morgan fingerprint density at radius 1 is 1.24 bits per heavy atom. The number of hydrogen-bond acceptors (Lipinski definition) is 4. The van der Waals surface area contributed by atoms with Crippen LogP contribution in [0.4, 0.5) is 5.69 Å². The van der Waals surface area contributed by atoms with Crippen LogP contribution in [0.1, 0.15) is 39.0 Å². The monoisotopic (exact) mass is 287 g/mol. The van der Waals surface area contributed by atoms with Crippen LogP contribution < -0.4 is 5.32 Å². The Kier molecular flexibility index (Phi) is 4.37. The Bertz CT molecular complexity index is 640. The lowest BCUT2D eigenvalue weighted by Crippen LogP contribution is -2.14. The van der Waals surface area contributed by atoms with Crippen LogP contribution in [0.25, 0.3) is 0 Å². The Labute approximate surface area is 122 Å². The maximum absolute atomic E-state index is 12.2. The highest BCUT2D eigenvalue weighted by Crippen LogP contribution is 2.15. The van der Waals surface area contributed by atoms with Crippen LogP contribution in [0.5, 0.6) is 0 Å². The molecule has 0 fully saturated rings. The second-order valence-corrected chi connectivity index (χ2v) is 4.56. The molecule has 0 saturated heterocycles. The standard InChI is InChI=1S/C15H17N3O3/c1-4-21-15(20)11-5-7-12(8-6-11)16-14(19)13-9(2)17-18-10(13)3/h5-8H,4H2,1-3H3,(H,16,19)(H,17,18). The fourth-order valence-electron chi connectivity index (χ4n) is 1.98. The molecule has 1 heterocycles. The molecule has 0 aliphatic heterocycles. The molecule has 0 aliphatic carbocycles. The first-order valence-corrected chi connectivity index (χ1v) is 6.63. The Morgan fingerprint density at radius 2 is 1.90 bits per heavy atom. The van der Waals surface area contributed by atoms with Gasteiger partial charge in [-0.1, -0.05) is 0 Å². The number of carbonyl (C=O) groups excluding carboxylic acids is 2. The average Bonchev–Trinajstić information content (AvgIpc) is 2.79. The average molecular weight is 287 g/mol. The summed E-state index contributed by atoms with van der Waals surface area (Å²) < 4.78 is 4.90. The van der Waals surface area contributed by atoms with Crippen molar-refractivity contribution in [1.29, 1.82) is 0 Å². The molecule has 110 valence electrons. The van der Waals surface area contributed by atoms with E-state index in [0.717, 1.165) is 0 Å². The molecule has 0 radical (unpaired) electrons. The summed E-state index contributed by atoms with van der Waals surface area (Å²) in [6.07, 6.45) is 0. The highest BCUT2D eigenvalue weighted by Gasteiger charge is 2.15. The van der Waals surface area contributed by atoms with Gasteiger partial charge in [0.05, 0.1) is 23.4 Å². The third-order valence-electron chi connectivity index (χ3n) is 3.01. The SMILES string of the molecule is CCOC(=O)c1ccc(NC(=O)c2c(C)n[nH]c2C)cc1. The zero-order valence-electron chi connectivity index (χ0n) is 12.2. The number of nitrogens with one attached hydrogen (secondary N) is 2. The van der Waals surface area contributed by atoms with Gasteiger partial charge in [-0.3, -0.25) is 9.89 Å². The van der Waals surface area contributed by atoms with Gasteiger partial charge < -0.3 is 10.1 Å². The number of amides is 1. The lowest BCUT2D eigenvalue weighted by atomic mass is 10.1. The van der Waals surface area contributed by atoms with Gasteiger partial charge in [-0.2, -0.15) is 5.10 Å². The van der Waals surface area contributed by atoms with Crippen molar-refractivity contribution in [3.63, 3.8) is 0 Å². The van der Waals surface area contributed by atoms with Crippen molar-refractivity contribution in [3.05, 3.63) is 46.8 Å². The van der Waals surface area contributed by atoms with Crippen molar-refractivity contribution in [2.45, 2.75) is 20.8 Å². The predicted molar refractivity (Wildman–Crippen MR) is 78.4 cm³/mol. The number of anilines is 1. The minimum absolute atomic E-state index is 0.234.